The fourth-order valence-electron chi connectivity index (χ4n) is 2.88. The van der Waals surface area contributed by atoms with E-state index in [1.165, 1.54) is 0 Å². The summed E-state index contributed by atoms with van der Waals surface area (Å²) in [4.78, 5) is 24.5. The van der Waals surface area contributed by atoms with E-state index in [0.29, 0.717) is 18.0 Å². The molecule has 0 saturated carbocycles. The van der Waals surface area contributed by atoms with Gasteiger partial charge in [0.1, 0.15) is 12.6 Å². The minimum absolute atomic E-state index is 0.0910. The SMILES string of the molecule is CC(=S)NCC(C)CC(C)(C)[C@H](NC(=O)OCc1ccccc1)C(=O)O. The van der Waals surface area contributed by atoms with Crippen LogP contribution in [-0.2, 0) is 16.1 Å². The molecule has 3 N–H and O–H groups in total. The second kappa shape index (κ2) is 10.1. The molecule has 0 bridgehead atoms. The molecule has 1 amide bonds. The van der Waals surface area contributed by atoms with Crippen LogP contribution in [0.1, 0.15) is 39.7 Å². The number of carbonyl (C=O) groups is 2. The quantitative estimate of drug-likeness (QED) is 0.570. The number of alkyl carbamates (subject to hydrolysis) is 1. The summed E-state index contributed by atoms with van der Waals surface area (Å²) in [5.41, 5.74) is 0.178. The molecule has 0 fully saturated rings. The second-order valence-corrected chi connectivity index (χ2v) is 7.82. The van der Waals surface area contributed by atoms with Crippen LogP contribution in [0, 0.1) is 11.3 Å². The van der Waals surface area contributed by atoms with Crippen molar-refractivity contribution in [1.29, 1.82) is 0 Å². The third kappa shape index (κ3) is 7.82. The number of rotatable bonds is 9. The van der Waals surface area contributed by atoms with Gasteiger partial charge in [-0.25, -0.2) is 9.59 Å². The summed E-state index contributed by atoms with van der Waals surface area (Å²) in [6.07, 6.45) is -0.145. The zero-order valence-electron chi connectivity index (χ0n) is 15.7. The number of carboxylic acid groups (broad SMARTS) is 1. The van der Waals surface area contributed by atoms with Crippen molar-refractivity contribution >= 4 is 29.3 Å². The van der Waals surface area contributed by atoms with Crippen LogP contribution in [0.15, 0.2) is 30.3 Å². The molecule has 6 nitrogen and oxygen atoms in total. The number of ether oxygens (including phenoxy) is 1. The smallest absolute Gasteiger partial charge is 0.408 e. The first kappa shape index (κ1) is 21.9. The zero-order chi connectivity index (χ0) is 19.7. The lowest BCUT2D eigenvalue weighted by Crippen LogP contribution is -2.51. The van der Waals surface area contributed by atoms with Gasteiger partial charge in [-0.2, -0.15) is 0 Å². The number of nitrogens with one attached hydrogen (secondary N) is 2. The molecule has 0 radical (unpaired) electrons. The first-order valence-corrected chi connectivity index (χ1v) is 8.97. The van der Waals surface area contributed by atoms with Gasteiger partial charge in [0.25, 0.3) is 0 Å². The molecule has 0 saturated heterocycles. The lowest BCUT2D eigenvalue weighted by molar-refractivity contribution is -0.142. The topological polar surface area (TPSA) is 87.7 Å². The largest absolute Gasteiger partial charge is 0.480 e. The molecule has 1 aromatic carbocycles. The van der Waals surface area contributed by atoms with Crippen LogP contribution in [0.5, 0.6) is 0 Å². The first-order valence-electron chi connectivity index (χ1n) is 8.56. The van der Waals surface area contributed by atoms with Gasteiger partial charge in [0.15, 0.2) is 0 Å². The summed E-state index contributed by atoms with van der Waals surface area (Å²) in [5.74, 6) is -0.898. The van der Waals surface area contributed by atoms with Crippen LogP contribution in [-0.4, -0.2) is 34.7 Å². The molecule has 1 rings (SSSR count). The van der Waals surface area contributed by atoms with Crippen LogP contribution in [0.4, 0.5) is 4.79 Å². The summed E-state index contributed by atoms with van der Waals surface area (Å²) in [7, 11) is 0. The Kier molecular flexibility index (Phi) is 8.51. The summed E-state index contributed by atoms with van der Waals surface area (Å²) in [6, 6.07) is 8.17. The van der Waals surface area contributed by atoms with Gasteiger partial charge in [0.2, 0.25) is 0 Å². The van der Waals surface area contributed by atoms with E-state index in [2.05, 4.69) is 10.6 Å². The Morgan fingerprint density at radius 1 is 1.27 bits per heavy atom. The number of benzene rings is 1. The lowest BCUT2D eigenvalue weighted by Gasteiger charge is -2.34. The molecule has 0 spiro atoms. The van der Waals surface area contributed by atoms with Crippen molar-refractivity contribution < 1.29 is 19.4 Å². The number of carbonyl (C=O) groups excluding carboxylic acids is 1. The number of carboxylic acids is 1. The molecule has 7 heteroatoms. The van der Waals surface area contributed by atoms with Gasteiger partial charge in [-0.3, -0.25) is 0 Å². The van der Waals surface area contributed by atoms with E-state index in [4.69, 9.17) is 17.0 Å². The Morgan fingerprint density at radius 3 is 2.42 bits per heavy atom. The van der Waals surface area contributed by atoms with Gasteiger partial charge in [-0.15, -0.1) is 0 Å². The van der Waals surface area contributed by atoms with E-state index in [1.807, 2.05) is 51.1 Å². The highest BCUT2D eigenvalue weighted by Gasteiger charge is 2.37. The highest BCUT2D eigenvalue weighted by molar-refractivity contribution is 7.80. The van der Waals surface area contributed by atoms with Crippen LogP contribution in [0.25, 0.3) is 0 Å². The molecule has 0 heterocycles. The Hall–Kier alpha value is -2.15. The summed E-state index contributed by atoms with van der Waals surface area (Å²) in [6.45, 7) is 8.21. The van der Waals surface area contributed by atoms with Gasteiger partial charge in [0.05, 0.1) is 4.99 Å². The first-order chi connectivity index (χ1) is 12.1. The molecule has 0 aliphatic rings. The van der Waals surface area contributed by atoms with Gasteiger partial charge in [-0.1, -0.05) is 63.3 Å². The summed E-state index contributed by atoms with van der Waals surface area (Å²) >= 11 is 5.00. The van der Waals surface area contributed by atoms with Crippen LogP contribution in [0.3, 0.4) is 0 Å². The predicted molar refractivity (Wildman–Crippen MR) is 105 cm³/mol. The number of hydrogen-bond acceptors (Lipinski definition) is 4. The van der Waals surface area contributed by atoms with Crippen molar-refractivity contribution in [3.63, 3.8) is 0 Å². The standard InChI is InChI=1S/C19H28N2O4S/c1-13(11-20-14(2)26)10-19(3,4)16(17(22)23)21-18(24)25-12-15-8-6-5-7-9-15/h5-9,13,16H,10-12H2,1-4H3,(H,20,26)(H,21,24)(H,22,23)/t13?,16-/m1/s1. The van der Waals surface area contributed by atoms with Crippen LogP contribution in [0.2, 0.25) is 0 Å². The van der Waals surface area contributed by atoms with E-state index < -0.39 is 23.5 Å². The maximum Gasteiger partial charge on any atom is 0.408 e. The maximum atomic E-state index is 12.1. The Bertz CT molecular complexity index is 619. The third-order valence-electron chi connectivity index (χ3n) is 4.08. The van der Waals surface area contributed by atoms with Crippen molar-refractivity contribution in [2.24, 2.45) is 11.3 Å². The highest BCUT2D eigenvalue weighted by atomic mass is 32.1. The molecule has 0 aliphatic carbocycles. The predicted octanol–water partition coefficient (Wildman–Crippen LogP) is 3.36. The number of aliphatic carboxylic acids is 1. The minimum Gasteiger partial charge on any atom is -0.480 e. The maximum absolute atomic E-state index is 12.1. The molecule has 144 valence electrons. The average molecular weight is 381 g/mol. The molecule has 2 atom stereocenters. The number of thiocarbonyl (C=S) groups is 1. The average Bonchev–Trinajstić information content (AvgIpc) is 2.56. The van der Waals surface area contributed by atoms with E-state index in [9.17, 15) is 14.7 Å². The normalized spacial score (nSPS) is 13.4. The fraction of sp³-hybridized carbons (Fsp3) is 0.526. The molecule has 0 aromatic heterocycles. The Labute approximate surface area is 160 Å². The number of hydrogen-bond donors (Lipinski definition) is 3. The monoisotopic (exact) mass is 380 g/mol. The van der Waals surface area contributed by atoms with Crippen molar-refractivity contribution in [2.75, 3.05) is 6.54 Å². The van der Waals surface area contributed by atoms with Crippen molar-refractivity contribution in [1.82, 2.24) is 10.6 Å². The number of amides is 1. The van der Waals surface area contributed by atoms with Gasteiger partial charge >= 0.3 is 12.1 Å². The molecular weight excluding hydrogens is 352 g/mol. The summed E-state index contributed by atoms with van der Waals surface area (Å²) < 4.78 is 5.15. The van der Waals surface area contributed by atoms with E-state index in [0.717, 1.165) is 5.56 Å². The Morgan fingerprint density at radius 2 is 1.88 bits per heavy atom. The molecular formula is C19H28N2O4S. The molecule has 1 unspecified atom stereocenters. The van der Waals surface area contributed by atoms with Crippen molar-refractivity contribution in [2.45, 2.75) is 46.8 Å². The van der Waals surface area contributed by atoms with Crippen LogP contribution < -0.4 is 10.6 Å². The van der Waals surface area contributed by atoms with Crippen LogP contribution >= 0.6 is 12.2 Å². The fourth-order valence-corrected chi connectivity index (χ4v) is 2.96. The summed E-state index contributed by atoms with van der Waals surface area (Å²) in [5, 5.41) is 15.1. The molecule has 1 aromatic rings. The second-order valence-electron chi connectivity index (χ2n) is 7.21. The molecule has 0 aliphatic heterocycles. The van der Waals surface area contributed by atoms with Crippen molar-refractivity contribution in [3.05, 3.63) is 35.9 Å². The zero-order valence-corrected chi connectivity index (χ0v) is 16.6. The van der Waals surface area contributed by atoms with E-state index in [-0.39, 0.29) is 12.5 Å². The van der Waals surface area contributed by atoms with E-state index in [1.54, 1.807) is 6.92 Å². The lowest BCUT2D eigenvalue weighted by atomic mass is 9.77. The highest BCUT2D eigenvalue weighted by Crippen LogP contribution is 2.29. The van der Waals surface area contributed by atoms with Gasteiger partial charge in [0, 0.05) is 6.54 Å². The minimum atomic E-state index is -1.09. The van der Waals surface area contributed by atoms with Crippen molar-refractivity contribution in [3.8, 4) is 0 Å². The van der Waals surface area contributed by atoms with Gasteiger partial charge in [-0.05, 0) is 30.2 Å². The Balaban J connectivity index is 2.63. The molecule has 26 heavy (non-hydrogen) atoms. The van der Waals surface area contributed by atoms with Gasteiger partial charge < -0.3 is 20.5 Å². The van der Waals surface area contributed by atoms with E-state index >= 15 is 0 Å². The third-order valence-corrected chi connectivity index (χ3v) is 4.22.